The summed E-state index contributed by atoms with van der Waals surface area (Å²) >= 11 is 0. The van der Waals surface area contributed by atoms with Gasteiger partial charge in [0.15, 0.2) is 5.76 Å². The Balaban J connectivity index is 1.57. The first-order valence-electron chi connectivity index (χ1n) is 10.7. The Morgan fingerprint density at radius 1 is 1.40 bits per heavy atom. The van der Waals surface area contributed by atoms with Crippen LogP contribution in [0, 0.1) is 17.2 Å². The van der Waals surface area contributed by atoms with Gasteiger partial charge in [-0.25, -0.2) is 0 Å². The number of hydrogen-bond donors (Lipinski definition) is 1. The molecule has 1 N–H and O–H groups in total. The summed E-state index contributed by atoms with van der Waals surface area (Å²) in [6.07, 6.45) is 5.21. The van der Waals surface area contributed by atoms with E-state index < -0.39 is 0 Å². The number of carbonyl (C=O) groups is 1. The molecular formula is C24H31N3O3. The van der Waals surface area contributed by atoms with Crippen LogP contribution >= 0.6 is 0 Å². The summed E-state index contributed by atoms with van der Waals surface area (Å²) in [6.45, 7) is 9.51. The van der Waals surface area contributed by atoms with Crippen molar-refractivity contribution >= 4 is 5.91 Å². The molecular weight excluding hydrogens is 378 g/mol. The van der Waals surface area contributed by atoms with Crippen molar-refractivity contribution in [1.29, 1.82) is 5.26 Å². The molecule has 1 aliphatic rings. The molecule has 0 spiro atoms. The Morgan fingerprint density at radius 3 is 3.00 bits per heavy atom. The van der Waals surface area contributed by atoms with Gasteiger partial charge in [0.05, 0.1) is 17.9 Å². The summed E-state index contributed by atoms with van der Waals surface area (Å²) in [5, 5.41) is 12.0. The zero-order chi connectivity index (χ0) is 21.6. The number of amides is 1. The number of piperidine rings is 1. The largest absolute Gasteiger partial charge is 0.489 e. The Hall–Kier alpha value is -2.78. The van der Waals surface area contributed by atoms with Gasteiger partial charge in [-0.3, -0.25) is 9.69 Å². The first-order chi connectivity index (χ1) is 14.4. The predicted octanol–water partition coefficient (Wildman–Crippen LogP) is 4.36. The van der Waals surface area contributed by atoms with Crippen molar-refractivity contribution in [2.45, 2.75) is 52.2 Å². The molecule has 2 aromatic rings. The van der Waals surface area contributed by atoms with Gasteiger partial charge in [0, 0.05) is 24.2 Å². The van der Waals surface area contributed by atoms with E-state index in [0.29, 0.717) is 23.4 Å². The van der Waals surface area contributed by atoms with E-state index in [1.807, 2.05) is 0 Å². The summed E-state index contributed by atoms with van der Waals surface area (Å²) in [5.41, 5.74) is 1.09. The van der Waals surface area contributed by atoms with Crippen LogP contribution in [0.25, 0.3) is 0 Å². The van der Waals surface area contributed by atoms with Crippen LogP contribution in [0.15, 0.2) is 41.0 Å². The zero-order valence-corrected chi connectivity index (χ0v) is 18.1. The summed E-state index contributed by atoms with van der Waals surface area (Å²) in [4.78, 5) is 15.3. The number of nitriles is 1. The highest BCUT2D eigenvalue weighted by molar-refractivity contribution is 5.92. The van der Waals surface area contributed by atoms with Crippen molar-refractivity contribution in [3.05, 3.63) is 53.5 Å². The van der Waals surface area contributed by atoms with E-state index in [1.165, 1.54) is 25.5 Å². The zero-order valence-electron chi connectivity index (χ0n) is 18.1. The van der Waals surface area contributed by atoms with Crippen molar-refractivity contribution in [3.63, 3.8) is 0 Å². The van der Waals surface area contributed by atoms with Crippen LogP contribution < -0.4 is 10.1 Å². The van der Waals surface area contributed by atoms with Gasteiger partial charge in [-0.15, -0.1) is 0 Å². The summed E-state index contributed by atoms with van der Waals surface area (Å²) in [7, 11) is 0. The van der Waals surface area contributed by atoms with Crippen LogP contribution in [-0.4, -0.2) is 36.0 Å². The number of benzene rings is 1. The van der Waals surface area contributed by atoms with Crippen LogP contribution in [-0.2, 0) is 6.61 Å². The number of likely N-dealkylation sites (tertiary alicyclic amines) is 1. The smallest absolute Gasteiger partial charge is 0.287 e. The minimum atomic E-state index is -0.235. The number of nitrogens with zero attached hydrogens (tertiary/aromatic N) is 2. The van der Waals surface area contributed by atoms with Crippen molar-refractivity contribution < 1.29 is 13.9 Å². The second kappa shape index (κ2) is 9.82. The van der Waals surface area contributed by atoms with Crippen molar-refractivity contribution in [1.82, 2.24) is 10.2 Å². The molecule has 1 unspecified atom stereocenters. The number of furan rings is 1. The summed E-state index contributed by atoms with van der Waals surface area (Å²) < 4.78 is 11.2. The third-order valence-electron chi connectivity index (χ3n) is 5.94. The van der Waals surface area contributed by atoms with E-state index >= 15 is 0 Å². The van der Waals surface area contributed by atoms with Crippen molar-refractivity contribution in [2.75, 3.05) is 19.6 Å². The average Bonchev–Trinajstić information content (AvgIpc) is 3.25. The fraction of sp³-hybridized carbons (Fsp3) is 0.500. The predicted molar refractivity (Wildman–Crippen MR) is 115 cm³/mol. The molecule has 3 rings (SSSR count). The number of ether oxygens (including phenoxy) is 1. The maximum Gasteiger partial charge on any atom is 0.287 e. The molecule has 1 saturated heterocycles. The SMILES string of the molecule is CCC1CCCN(C(C)(C)CNC(=O)c2occc2COc2cccc(C#N)c2)C1. The second-order valence-corrected chi connectivity index (χ2v) is 8.56. The Bertz CT molecular complexity index is 897. The van der Waals surface area contributed by atoms with Gasteiger partial charge in [0.1, 0.15) is 12.4 Å². The number of hydrogen-bond acceptors (Lipinski definition) is 5. The van der Waals surface area contributed by atoms with Crippen molar-refractivity contribution in [3.8, 4) is 11.8 Å². The van der Waals surface area contributed by atoms with E-state index in [4.69, 9.17) is 14.4 Å². The van der Waals surface area contributed by atoms with Gasteiger partial charge in [-0.1, -0.05) is 19.4 Å². The standard InChI is InChI=1S/C24H31N3O3/c1-4-18-8-6-11-27(15-18)24(2,3)17-26-23(28)22-20(10-12-29-22)16-30-21-9-5-7-19(13-21)14-25/h5,7,9-10,12-13,18H,4,6,8,11,15-17H2,1-3H3,(H,26,28). The topological polar surface area (TPSA) is 78.5 Å². The van der Waals surface area contributed by atoms with E-state index in [9.17, 15) is 4.79 Å². The highest BCUT2D eigenvalue weighted by Crippen LogP contribution is 2.25. The molecule has 30 heavy (non-hydrogen) atoms. The second-order valence-electron chi connectivity index (χ2n) is 8.56. The van der Waals surface area contributed by atoms with Crippen LogP contribution in [0.1, 0.15) is 61.7 Å². The summed E-state index contributed by atoms with van der Waals surface area (Å²) in [5.74, 6) is 1.36. The van der Waals surface area contributed by atoms with Gasteiger partial charge >= 0.3 is 0 Å². The minimum absolute atomic E-state index is 0.121. The van der Waals surface area contributed by atoms with Crippen LogP contribution in [0.5, 0.6) is 5.75 Å². The highest BCUT2D eigenvalue weighted by Gasteiger charge is 2.31. The molecule has 0 radical (unpaired) electrons. The number of carbonyl (C=O) groups excluding carboxylic acids is 1. The molecule has 0 bridgehead atoms. The van der Waals surface area contributed by atoms with Gasteiger partial charge in [-0.05, 0) is 63.4 Å². The monoisotopic (exact) mass is 409 g/mol. The lowest BCUT2D eigenvalue weighted by molar-refractivity contribution is 0.0604. The number of nitrogens with one attached hydrogen (secondary N) is 1. The quantitative estimate of drug-likeness (QED) is 0.701. The molecule has 2 heterocycles. The molecule has 0 saturated carbocycles. The molecule has 1 aromatic heterocycles. The lowest BCUT2D eigenvalue weighted by atomic mass is 9.91. The molecule has 0 aliphatic carbocycles. The van der Waals surface area contributed by atoms with Gasteiger partial charge in [0.25, 0.3) is 5.91 Å². The fourth-order valence-electron chi connectivity index (χ4n) is 3.90. The third-order valence-corrected chi connectivity index (χ3v) is 5.94. The molecule has 6 heteroatoms. The van der Waals surface area contributed by atoms with Crippen LogP contribution in [0.3, 0.4) is 0 Å². The highest BCUT2D eigenvalue weighted by atomic mass is 16.5. The minimum Gasteiger partial charge on any atom is -0.489 e. The molecule has 160 valence electrons. The lowest BCUT2D eigenvalue weighted by Gasteiger charge is -2.43. The fourth-order valence-corrected chi connectivity index (χ4v) is 3.90. The molecule has 1 fully saturated rings. The lowest BCUT2D eigenvalue weighted by Crippen LogP contribution is -2.54. The Kier molecular flexibility index (Phi) is 7.17. The van der Waals surface area contributed by atoms with Crippen LogP contribution in [0.4, 0.5) is 0 Å². The molecule has 1 amide bonds. The summed E-state index contributed by atoms with van der Waals surface area (Å²) in [6, 6.07) is 10.8. The Labute approximate surface area is 178 Å². The molecule has 6 nitrogen and oxygen atoms in total. The van der Waals surface area contributed by atoms with E-state index in [-0.39, 0.29) is 23.8 Å². The molecule has 1 atom stereocenters. The maximum atomic E-state index is 12.8. The van der Waals surface area contributed by atoms with E-state index in [2.05, 4.69) is 37.1 Å². The first kappa shape index (κ1) is 21.9. The Morgan fingerprint density at radius 2 is 2.23 bits per heavy atom. The number of rotatable bonds is 8. The first-order valence-corrected chi connectivity index (χ1v) is 10.7. The van der Waals surface area contributed by atoms with Crippen LogP contribution in [0.2, 0.25) is 0 Å². The van der Waals surface area contributed by atoms with Gasteiger partial charge < -0.3 is 14.5 Å². The normalized spacial score (nSPS) is 17.3. The molecule has 1 aliphatic heterocycles. The molecule has 1 aromatic carbocycles. The van der Waals surface area contributed by atoms with Gasteiger partial charge in [-0.2, -0.15) is 5.26 Å². The average molecular weight is 410 g/mol. The van der Waals surface area contributed by atoms with E-state index in [1.54, 1.807) is 30.3 Å². The van der Waals surface area contributed by atoms with Gasteiger partial charge in [0.2, 0.25) is 0 Å². The maximum absolute atomic E-state index is 12.8. The van der Waals surface area contributed by atoms with E-state index in [0.717, 1.165) is 19.0 Å². The third kappa shape index (κ3) is 5.43. The van der Waals surface area contributed by atoms with Crippen molar-refractivity contribution in [2.24, 2.45) is 5.92 Å².